The van der Waals surface area contributed by atoms with Crippen LogP contribution in [0.15, 0.2) is 35.6 Å². The van der Waals surface area contributed by atoms with Gasteiger partial charge in [-0.3, -0.25) is 19.0 Å². The molecule has 0 radical (unpaired) electrons. The van der Waals surface area contributed by atoms with Gasteiger partial charge in [0.05, 0.1) is 12.5 Å². The van der Waals surface area contributed by atoms with Gasteiger partial charge in [0.2, 0.25) is 0 Å². The number of anilines is 1. The Hall–Kier alpha value is -3.05. The van der Waals surface area contributed by atoms with Crippen LogP contribution in [-0.4, -0.2) is 43.8 Å². The van der Waals surface area contributed by atoms with Crippen molar-refractivity contribution in [2.75, 3.05) is 18.0 Å². The van der Waals surface area contributed by atoms with Crippen LogP contribution in [-0.2, 0) is 12.7 Å². The summed E-state index contributed by atoms with van der Waals surface area (Å²) in [6.45, 7) is 0.627. The molecule has 3 aromatic rings. The molecule has 2 fully saturated rings. The molecular formula is C21H21F5N6O. The molecule has 1 saturated carbocycles. The Bertz CT molecular complexity index is 1220. The number of pyridine rings is 1. The van der Waals surface area contributed by atoms with E-state index < -0.39 is 24.8 Å². The summed E-state index contributed by atoms with van der Waals surface area (Å²) >= 11 is 0. The summed E-state index contributed by atoms with van der Waals surface area (Å²) in [4.78, 5) is 22.5. The maximum Gasteiger partial charge on any atom is 0.433 e. The van der Waals surface area contributed by atoms with Crippen LogP contribution < -0.4 is 10.5 Å². The summed E-state index contributed by atoms with van der Waals surface area (Å²) in [5.41, 5.74) is -0.427. The van der Waals surface area contributed by atoms with Gasteiger partial charge in [-0.15, -0.1) is 0 Å². The molecule has 1 aliphatic carbocycles. The molecule has 33 heavy (non-hydrogen) atoms. The van der Waals surface area contributed by atoms with Crippen molar-refractivity contribution < 1.29 is 22.0 Å². The van der Waals surface area contributed by atoms with E-state index in [4.69, 9.17) is 0 Å². The van der Waals surface area contributed by atoms with Crippen LogP contribution in [0.4, 0.5) is 27.6 Å². The van der Waals surface area contributed by atoms with Gasteiger partial charge in [0, 0.05) is 36.4 Å². The zero-order valence-electron chi connectivity index (χ0n) is 17.5. The molecule has 7 nitrogen and oxygen atoms in total. The topological polar surface area (TPSA) is 68.8 Å². The maximum absolute atomic E-state index is 13.0. The van der Waals surface area contributed by atoms with Gasteiger partial charge in [-0.25, -0.2) is 13.8 Å². The van der Waals surface area contributed by atoms with Gasteiger partial charge in [-0.1, -0.05) is 0 Å². The molecular weight excluding hydrogens is 447 g/mol. The van der Waals surface area contributed by atoms with Crippen molar-refractivity contribution in [2.24, 2.45) is 5.41 Å². The average molecular weight is 468 g/mol. The highest BCUT2D eigenvalue weighted by molar-refractivity contribution is 5.72. The first-order valence-corrected chi connectivity index (χ1v) is 10.6. The summed E-state index contributed by atoms with van der Waals surface area (Å²) in [7, 11) is 0. The maximum atomic E-state index is 13.0. The summed E-state index contributed by atoms with van der Waals surface area (Å²) in [6.07, 6.45) is -0.154. The molecule has 176 valence electrons. The molecule has 1 saturated heterocycles. The van der Waals surface area contributed by atoms with E-state index in [1.165, 1.54) is 23.3 Å². The highest BCUT2D eigenvalue weighted by atomic mass is 19.4. The Labute approximate surface area is 184 Å². The highest BCUT2D eigenvalue weighted by Crippen LogP contribution is 2.48. The second-order valence-corrected chi connectivity index (χ2v) is 8.89. The first-order chi connectivity index (χ1) is 15.7. The largest absolute Gasteiger partial charge is 0.433 e. The van der Waals surface area contributed by atoms with Crippen molar-refractivity contribution >= 4 is 16.7 Å². The summed E-state index contributed by atoms with van der Waals surface area (Å²) in [5, 5.41) is 3.87. The molecule has 5 rings (SSSR count). The minimum Gasteiger partial charge on any atom is -0.370 e. The lowest BCUT2D eigenvalue weighted by Gasteiger charge is -2.54. The first-order valence-electron chi connectivity index (χ1n) is 10.6. The Morgan fingerprint density at radius 1 is 1.15 bits per heavy atom. The molecule has 0 unspecified atom stereocenters. The van der Waals surface area contributed by atoms with Gasteiger partial charge in [0.15, 0.2) is 5.52 Å². The van der Waals surface area contributed by atoms with E-state index >= 15 is 0 Å². The standard InChI is InChI=1S/C21H21F5N6O/c22-17(23)9-32-18-15(8-29-32)28-12-31(19(18)33)13-1-4-20(5-2-13)10-30(11-20)14-3-6-27-16(7-14)21(24,25)26/h3,6-8,12-13,17H,1-2,4-5,9-11H2. The zero-order valence-corrected chi connectivity index (χ0v) is 17.5. The number of aromatic nitrogens is 5. The molecule has 0 bridgehead atoms. The number of nitrogens with zero attached hydrogens (tertiary/aromatic N) is 6. The van der Waals surface area contributed by atoms with Gasteiger partial charge in [0.1, 0.15) is 17.8 Å². The third-order valence-electron chi connectivity index (χ3n) is 6.75. The number of halogens is 5. The van der Waals surface area contributed by atoms with Crippen molar-refractivity contribution in [1.29, 1.82) is 0 Å². The molecule has 12 heteroatoms. The third-order valence-corrected chi connectivity index (χ3v) is 6.75. The molecule has 1 aliphatic heterocycles. The Balaban J connectivity index is 1.27. The summed E-state index contributed by atoms with van der Waals surface area (Å²) in [6, 6.07) is 2.54. The molecule has 3 aromatic heterocycles. The summed E-state index contributed by atoms with van der Waals surface area (Å²) in [5.74, 6) is 0. The molecule has 0 N–H and O–H groups in total. The molecule has 4 heterocycles. The third kappa shape index (κ3) is 3.95. The lowest BCUT2D eigenvalue weighted by atomic mass is 9.67. The molecule has 1 spiro atoms. The fraction of sp³-hybridized carbons (Fsp3) is 0.524. The lowest BCUT2D eigenvalue weighted by molar-refractivity contribution is -0.141. The fourth-order valence-corrected chi connectivity index (χ4v) is 5.04. The van der Waals surface area contributed by atoms with Crippen LogP contribution in [0.25, 0.3) is 11.0 Å². The Morgan fingerprint density at radius 2 is 1.88 bits per heavy atom. The van der Waals surface area contributed by atoms with E-state index in [1.54, 1.807) is 6.07 Å². The number of fused-ring (bicyclic) bond motifs is 1. The van der Waals surface area contributed by atoms with Crippen LogP contribution in [0.1, 0.15) is 37.4 Å². The predicted molar refractivity (Wildman–Crippen MR) is 109 cm³/mol. The molecule has 0 aromatic carbocycles. The van der Waals surface area contributed by atoms with E-state index in [1.807, 2.05) is 4.90 Å². The minimum atomic E-state index is -4.48. The quantitative estimate of drug-likeness (QED) is 0.544. The summed E-state index contributed by atoms with van der Waals surface area (Å²) < 4.78 is 67.0. The van der Waals surface area contributed by atoms with Crippen LogP contribution in [0, 0.1) is 5.41 Å². The fourth-order valence-electron chi connectivity index (χ4n) is 5.04. The smallest absolute Gasteiger partial charge is 0.370 e. The zero-order chi connectivity index (χ0) is 23.4. The van der Waals surface area contributed by atoms with Crippen molar-refractivity contribution in [1.82, 2.24) is 24.3 Å². The number of hydrogen-bond donors (Lipinski definition) is 0. The molecule has 2 aliphatic rings. The van der Waals surface area contributed by atoms with E-state index in [2.05, 4.69) is 15.1 Å². The lowest BCUT2D eigenvalue weighted by Crippen LogP contribution is -2.58. The van der Waals surface area contributed by atoms with E-state index in [0.29, 0.717) is 31.6 Å². The van der Waals surface area contributed by atoms with Gasteiger partial charge in [0.25, 0.3) is 12.0 Å². The second kappa shape index (κ2) is 7.77. The van der Waals surface area contributed by atoms with Crippen LogP contribution in [0.3, 0.4) is 0 Å². The minimum absolute atomic E-state index is 0.00322. The Morgan fingerprint density at radius 3 is 2.55 bits per heavy atom. The van der Waals surface area contributed by atoms with Crippen molar-refractivity contribution in [3.63, 3.8) is 0 Å². The van der Waals surface area contributed by atoms with Crippen LogP contribution in [0.2, 0.25) is 0 Å². The number of alkyl halides is 5. The average Bonchev–Trinajstić information content (AvgIpc) is 3.15. The van der Waals surface area contributed by atoms with Crippen LogP contribution in [0.5, 0.6) is 0 Å². The van der Waals surface area contributed by atoms with Crippen molar-refractivity contribution in [2.45, 2.75) is 50.9 Å². The van der Waals surface area contributed by atoms with Gasteiger partial charge in [-0.05, 0) is 37.8 Å². The van der Waals surface area contributed by atoms with Crippen molar-refractivity contribution in [3.05, 3.63) is 46.9 Å². The Kier molecular flexibility index (Phi) is 5.13. The van der Waals surface area contributed by atoms with Gasteiger partial charge >= 0.3 is 6.18 Å². The van der Waals surface area contributed by atoms with E-state index in [-0.39, 0.29) is 28.0 Å². The second-order valence-electron chi connectivity index (χ2n) is 8.89. The van der Waals surface area contributed by atoms with E-state index in [0.717, 1.165) is 23.6 Å². The molecule has 0 amide bonds. The SMILES string of the molecule is O=c1c2c(cnn2CC(F)F)ncn1C1CCC2(CC1)CN(c1ccnc(C(F)(F)F)c1)C2. The first kappa shape index (κ1) is 21.8. The predicted octanol–water partition coefficient (Wildman–Crippen LogP) is 3.89. The van der Waals surface area contributed by atoms with Crippen LogP contribution >= 0.6 is 0 Å². The number of rotatable bonds is 4. The normalized spacial score (nSPS) is 18.9. The molecule has 0 atom stereocenters. The van der Waals surface area contributed by atoms with E-state index in [9.17, 15) is 26.7 Å². The van der Waals surface area contributed by atoms with Gasteiger partial charge < -0.3 is 4.90 Å². The number of hydrogen-bond acceptors (Lipinski definition) is 5. The monoisotopic (exact) mass is 468 g/mol. The van der Waals surface area contributed by atoms with Crippen molar-refractivity contribution in [3.8, 4) is 0 Å². The van der Waals surface area contributed by atoms with Gasteiger partial charge in [-0.2, -0.15) is 18.3 Å². The highest BCUT2D eigenvalue weighted by Gasteiger charge is 2.46.